The van der Waals surface area contributed by atoms with E-state index in [4.69, 9.17) is 15.8 Å². The molecule has 1 fully saturated rings. The molecule has 0 bridgehead atoms. The first-order chi connectivity index (χ1) is 22.6. The smallest absolute Gasteiger partial charge is 0.180 e. The lowest BCUT2D eigenvalue weighted by Gasteiger charge is -2.10. The Morgan fingerprint density at radius 1 is 0.354 bits per heavy atom. The summed E-state index contributed by atoms with van der Waals surface area (Å²) in [5, 5.41) is 56.7. The van der Waals surface area contributed by atoms with Crippen LogP contribution in [-0.4, -0.2) is 0 Å². The van der Waals surface area contributed by atoms with Crippen LogP contribution in [0.2, 0.25) is 0 Å². The third-order valence-electron chi connectivity index (χ3n) is 6.94. The predicted octanol–water partition coefficient (Wildman–Crippen LogP) is 7.39. The van der Waals surface area contributed by atoms with Crippen LogP contribution in [0.25, 0.3) is 16.7 Å². The van der Waals surface area contributed by atoms with Crippen molar-refractivity contribution in [3.63, 3.8) is 0 Å². The first-order valence-electron chi connectivity index (χ1n) is 12.2. The third-order valence-corrected chi connectivity index (χ3v) is 6.94. The molecule has 0 N–H and O–H groups in total. The van der Waals surface area contributed by atoms with Crippen molar-refractivity contribution in [3.8, 4) is 36.4 Å². The molecule has 48 heavy (non-hydrogen) atoms. The van der Waals surface area contributed by atoms with Gasteiger partial charge in [-0.3, -0.25) is 0 Å². The molecule has 0 heterocycles. The first kappa shape index (κ1) is 33.9. The number of halogens is 11. The average Bonchev–Trinajstić information content (AvgIpc) is 3.78. The van der Waals surface area contributed by atoms with Gasteiger partial charge in [-0.05, 0) is 12.5 Å². The zero-order chi connectivity index (χ0) is 36.1. The van der Waals surface area contributed by atoms with Gasteiger partial charge >= 0.3 is 0 Å². The van der Waals surface area contributed by atoms with Crippen molar-refractivity contribution < 1.29 is 48.3 Å². The lowest BCUT2D eigenvalue weighted by atomic mass is 9.95. The van der Waals surface area contributed by atoms with E-state index in [1.54, 1.807) is 0 Å². The fourth-order valence-corrected chi connectivity index (χ4v) is 4.71. The third kappa shape index (κ3) is 4.58. The van der Waals surface area contributed by atoms with Crippen molar-refractivity contribution in [2.75, 3.05) is 0 Å². The summed E-state index contributed by atoms with van der Waals surface area (Å²) in [7, 11) is 0. The highest BCUT2D eigenvalue weighted by Gasteiger charge is 2.46. The van der Waals surface area contributed by atoms with Crippen LogP contribution in [0.15, 0.2) is 16.7 Å². The normalized spacial score (nSPS) is 14.9. The fraction of sp³-hybridized carbons (Fsp3) is 0.0323. The SMILES string of the molecule is Cc1c(F)c(F)c(C#N)c(F)c1C(C#N)=C1C(=C(/C#N)c2c(F)c(F)c(C#N)c(F)c2F)/C1=C(/C#N)c1c(F)c(F)c(C#N)c(F)c1F. The van der Waals surface area contributed by atoms with Crippen LogP contribution in [-0.2, 0) is 0 Å². The monoisotopic (exact) mass is 668 g/mol. The molecule has 0 atom stereocenters. The van der Waals surface area contributed by atoms with Crippen LogP contribution < -0.4 is 0 Å². The van der Waals surface area contributed by atoms with Crippen molar-refractivity contribution in [1.29, 1.82) is 31.6 Å². The maximum Gasteiger partial charge on any atom is 0.180 e. The number of benzene rings is 3. The van der Waals surface area contributed by atoms with Crippen LogP contribution in [0.5, 0.6) is 0 Å². The highest BCUT2D eigenvalue weighted by molar-refractivity contribution is 6.12. The number of nitrogens with zero attached hydrogens (tertiary/aromatic N) is 6. The van der Waals surface area contributed by atoms with E-state index < -0.39 is 136 Å². The molecule has 0 aliphatic heterocycles. The zero-order valence-electron chi connectivity index (χ0n) is 22.8. The van der Waals surface area contributed by atoms with Gasteiger partial charge in [-0.25, -0.2) is 48.3 Å². The standard InChI is InChI=1S/C31H3F11N6/c1-8-15(22(33)12(5-46)23(34)21(8)32)9(2-43)16-17(10(3-44)19-28(39)24(35)13(6-47)25(36)29(19)40)18(16)11(4-45)20-30(41)26(37)14(7-48)27(38)31(20)42/h1H3/b16-9?,17-10-,18-11+. The second kappa shape index (κ2) is 12.1. The Bertz CT molecular complexity index is 2260. The summed E-state index contributed by atoms with van der Waals surface area (Å²) < 4.78 is 163. The van der Waals surface area contributed by atoms with Crippen molar-refractivity contribution in [2.24, 2.45) is 0 Å². The second-order valence-electron chi connectivity index (χ2n) is 9.25. The molecule has 0 radical (unpaired) electrons. The van der Waals surface area contributed by atoms with E-state index in [2.05, 4.69) is 0 Å². The van der Waals surface area contributed by atoms with Gasteiger partial charge in [-0.1, -0.05) is 0 Å². The van der Waals surface area contributed by atoms with E-state index >= 15 is 22.0 Å². The largest absolute Gasteiger partial charge is 0.205 e. The molecule has 0 unspecified atom stereocenters. The Morgan fingerprint density at radius 2 is 0.604 bits per heavy atom. The van der Waals surface area contributed by atoms with Gasteiger partial charge in [0.2, 0.25) is 0 Å². The van der Waals surface area contributed by atoms with Gasteiger partial charge in [0.15, 0.2) is 64.0 Å². The minimum atomic E-state index is -2.45. The summed E-state index contributed by atoms with van der Waals surface area (Å²) >= 11 is 0. The Kier molecular flexibility index (Phi) is 8.55. The molecule has 1 aliphatic carbocycles. The van der Waals surface area contributed by atoms with Crippen LogP contribution >= 0.6 is 0 Å². The number of rotatable bonds is 3. The number of hydrogen-bond acceptors (Lipinski definition) is 6. The molecule has 0 spiro atoms. The summed E-state index contributed by atoms with van der Waals surface area (Å²) in [4.78, 5) is 0. The highest BCUT2D eigenvalue weighted by atomic mass is 19.2. The summed E-state index contributed by atoms with van der Waals surface area (Å²) in [5.74, 6) is -25.3. The summed E-state index contributed by atoms with van der Waals surface area (Å²) in [6.07, 6.45) is 0. The van der Waals surface area contributed by atoms with Crippen LogP contribution in [0.1, 0.15) is 38.9 Å². The van der Waals surface area contributed by atoms with E-state index in [0.29, 0.717) is 6.92 Å². The molecule has 0 amide bonds. The van der Waals surface area contributed by atoms with Gasteiger partial charge in [-0.15, -0.1) is 0 Å². The fourth-order valence-electron chi connectivity index (χ4n) is 4.71. The quantitative estimate of drug-likeness (QED) is 0.162. The molecule has 3 aromatic carbocycles. The van der Waals surface area contributed by atoms with Gasteiger partial charge in [0.05, 0.1) is 27.8 Å². The highest BCUT2D eigenvalue weighted by Crippen LogP contribution is 2.57. The molecule has 234 valence electrons. The van der Waals surface area contributed by atoms with Gasteiger partial charge in [0.25, 0.3) is 0 Å². The van der Waals surface area contributed by atoms with Crippen molar-refractivity contribution in [2.45, 2.75) is 6.92 Å². The first-order valence-corrected chi connectivity index (χ1v) is 12.2. The Labute approximate surface area is 259 Å². The molecule has 1 aliphatic rings. The topological polar surface area (TPSA) is 143 Å². The molecule has 1 saturated carbocycles. The Morgan fingerprint density at radius 3 is 0.875 bits per heavy atom. The maximum atomic E-state index is 15.4. The predicted molar refractivity (Wildman–Crippen MR) is 135 cm³/mol. The average molecular weight is 668 g/mol. The summed E-state index contributed by atoms with van der Waals surface area (Å²) in [5.41, 5.74) is -20.0. The van der Waals surface area contributed by atoms with Crippen LogP contribution in [0, 0.1) is 139 Å². The molecule has 17 heteroatoms. The lowest BCUT2D eigenvalue weighted by Crippen LogP contribution is -2.06. The van der Waals surface area contributed by atoms with E-state index in [1.165, 1.54) is 6.07 Å². The van der Waals surface area contributed by atoms with E-state index in [-0.39, 0.29) is 0 Å². The summed E-state index contributed by atoms with van der Waals surface area (Å²) in [6.45, 7) is 0.636. The van der Waals surface area contributed by atoms with Gasteiger partial charge < -0.3 is 0 Å². The Balaban J connectivity index is 2.39. The lowest BCUT2D eigenvalue weighted by molar-refractivity contribution is 0.446. The maximum absolute atomic E-state index is 15.4. The van der Waals surface area contributed by atoms with Crippen LogP contribution in [0.4, 0.5) is 48.3 Å². The molecular formula is C31H3F11N6. The van der Waals surface area contributed by atoms with Gasteiger partial charge in [0.1, 0.15) is 53.1 Å². The van der Waals surface area contributed by atoms with E-state index in [1.807, 2.05) is 0 Å². The van der Waals surface area contributed by atoms with E-state index in [0.717, 1.165) is 30.3 Å². The van der Waals surface area contributed by atoms with Gasteiger partial charge in [0, 0.05) is 22.3 Å². The molecule has 6 nitrogen and oxygen atoms in total. The Hall–Kier alpha value is -6.95. The van der Waals surface area contributed by atoms with E-state index in [9.17, 15) is 42.1 Å². The van der Waals surface area contributed by atoms with Crippen LogP contribution in [0.3, 0.4) is 0 Å². The minimum absolute atomic E-state index is 0.636. The number of nitriles is 6. The number of hydrogen-bond donors (Lipinski definition) is 0. The van der Waals surface area contributed by atoms with Crippen molar-refractivity contribution >= 4 is 16.7 Å². The van der Waals surface area contributed by atoms with Crippen molar-refractivity contribution in [1.82, 2.24) is 0 Å². The summed E-state index contributed by atoms with van der Waals surface area (Å²) in [6, 6.07) is 5.91. The molecular weight excluding hydrogens is 665 g/mol. The second-order valence-corrected chi connectivity index (χ2v) is 9.25. The minimum Gasteiger partial charge on any atom is -0.205 e. The van der Waals surface area contributed by atoms with Gasteiger partial charge in [-0.2, -0.15) is 31.6 Å². The number of allylic oxidation sites excluding steroid dienone is 6. The molecule has 0 aromatic heterocycles. The molecule has 0 saturated heterocycles. The molecule has 3 aromatic rings. The zero-order valence-corrected chi connectivity index (χ0v) is 22.8. The molecule has 4 rings (SSSR count). The van der Waals surface area contributed by atoms with Crippen molar-refractivity contribution in [3.05, 3.63) is 120 Å².